The zero-order valence-electron chi connectivity index (χ0n) is 15.7. The van der Waals surface area contributed by atoms with Gasteiger partial charge in [0.25, 0.3) is 0 Å². The van der Waals surface area contributed by atoms with Gasteiger partial charge in [-0.05, 0) is 35.9 Å². The number of aryl methyl sites for hydroxylation is 2. The largest absolute Gasteiger partial charge is 0.493 e. The molecule has 2 N–H and O–H groups in total. The van der Waals surface area contributed by atoms with Gasteiger partial charge in [-0.3, -0.25) is 0 Å². The molecule has 0 saturated heterocycles. The Balaban J connectivity index is 2.17. The van der Waals surface area contributed by atoms with Crippen LogP contribution in [0.4, 0.5) is 5.69 Å². The van der Waals surface area contributed by atoms with Crippen LogP contribution in [0.15, 0.2) is 45.2 Å². The molecule has 0 unspecified atom stereocenters. The first-order valence-corrected chi connectivity index (χ1v) is 8.79. The number of methoxy groups -OCH3 is 2. The number of hydrogen-bond acceptors (Lipinski definition) is 5. The second kappa shape index (κ2) is 7.60. The maximum Gasteiger partial charge on any atom is 0.162 e. The second-order valence-electron chi connectivity index (χ2n) is 6.08. The van der Waals surface area contributed by atoms with Crippen LogP contribution in [-0.2, 0) is 12.8 Å². The first kappa shape index (κ1) is 18.0. The van der Waals surface area contributed by atoms with E-state index in [9.17, 15) is 0 Å². The molecule has 0 atom stereocenters. The molecule has 0 saturated carbocycles. The van der Waals surface area contributed by atoms with Gasteiger partial charge in [-0.25, -0.2) is 0 Å². The average Bonchev–Trinajstić information content (AvgIpc) is 3.32. The van der Waals surface area contributed by atoms with Gasteiger partial charge in [0, 0.05) is 24.6 Å². The normalized spacial score (nSPS) is 11.1. The lowest BCUT2D eigenvalue weighted by atomic mass is 9.92. The van der Waals surface area contributed by atoms with Crippen molar-refractivity contribution in [1.82, 2.24) is 0 Å². The Morgan fingerprint density at radius 3 is 1.77 bits per heavy atom. The summed E-state index contributed by atoms with van der Waals surface area (Å²) >= 11 is 0. The zero-order chi connectivity index (χ0) is 18.7. The Kier molecular flexibility index (Phi) is 5.26. The first-order valence-electron chi connectivity index (χ1n) is 8.79. The van der Waals surface area contributed by atoms with Crippen molar-refractivity contribution in [3.05, 3.63) is 65.0 Å². The second-order valence-corrected chi connectivity index (χ2v) is 6.08. The van der Waals surface area contributed by atoms with Crippen molar-refractivity contribution < 1.29 is 18.3 Å². The van der Waals surface area contributed by atoms with Crippen molar-refractivity contribution in [2.24, 2.45) is 0 Å². The molecule has 0 radical (unpaired) electrons. The molecule has 2 heterocycles. The van der Waals surface area contributed by atoms with E-state index in [2.05, 4.69) is 13.8 Å². The standard InChI is InChI=1S/C21H25NO4/c1-5-13-7-9-17(25-13)21(18-10-8-14(6-2)26-18)15-11-19(23-3)20(24-4)12-16(15)22/h7-12,21H,5-6,22H2,1-4H3. The predicted octanol–water partition coefficient (Wildman–Crippen LogP) is 4.78. The molecule has 5 heteroatoms. The molecule has 0 aliphatic rings. The van der Waals surface area contributed by atoms with Crippen molar-refractivity contribution in [3.63, 3.8) is 0 Å². The molecule has 5 nitrogen and oxygen atoms in total. The fourth-order valence-corrected chi connectivity index (χ4v) is 3.09. The number of hydrogen-bond donors (Lipinski definition) is 1. The molecule has 0 aliphatic carbocycles. The van der Waals surface area contributed by atoms with Gasteiger partial charge < -0.3 is 24.0 Å². The number of nitrogens with two attached hydrogens (primary N) is 1. The maximum absolute atomic E-state index is 6.36. The first-order chi connectivity index (χ1) is 12.6. The number of ether oxygens (including phenoxy) is 2. The van der Waals surface area contributed by atoms with Gasteiger partial charge >= 0.3 is 0 Å². The minimum Gasteiger partial charge on any atom is -0.493 e. The molecule has 0 aliphatic heterocycles. The van der Waals surface area contributed by atoms with E-state index in [1.807, 2.05) is 30.3 Å². The zero-order valence-corrected chi connectivity index (χ0v) is 15.7. The van der Waals surface area contributed by atoms with Gasteiger partial charge in [0.15, 0.2) is 11.5 Å². The summed E-state index contributed by atoms with van der Waals surface area (Å²) < 4.78 is 22.9. The minimum absolute atomic E-state index is 0.254. The highest BCUT2D eigenvalue weighted by molar-refractivity contribution is 5.61. The number of benzene rings is 1. The monoisotopic (exact) mass is 355 g/mol. The fourth-order valence-electron chi connectivity index (χ4n) is 3.09. The van der Waals surface area contributed by atoms with Crippen LogP contribution in [0.2, 0.25) is 0 Å². The van der Waals surface area contributed by atoms with Crippen molar-refractivity contribution in [2.45, 2.75) is 32.6 Å². The third-order valence-electron chi connectivity index (χ3n) is 4.53. The van der Waals surface area contributed by atoms with E-state index >= 15 is 0 Å². The maximum atomic E-state index is 6.36. The Labute approximate surface area is 153 Å². The highest BCUT2D eigenvalue weighted by Crippen LogP contribution is 2.41. The van der Waals surface area contributed by atoms with Crippen LogP contribution in [0, 0.1) is 0 Å². The summed E-state index contributed by atoms with van der Waals surface area (Å²) in [4.78, 5) is 0. The van der Waals surface area contributed by atoms with Gasteiger partial charge in [-0.2, -0.15) is 0 Å². The van der Waals surface area contributed by atoms with E-state index in [1.165, 1.54) is 0 Å². The van der Waals surface area contributed by atoms with Crippen molar-refractivity contribution in [2.75, 3.05) is 20.0 Å². The minimum atomic E-state index is -0.254. The van der Waals surface area contributed by atoms with Crippen molar-refractivity contribution in [1.29, 1.82) is 0 Å². The van der Waals surface area contributed by atoms with E-state index in [-0.39, 0.29) is 5.92 Å². The SMILES string of the molecule is CCc1ccc(C(c2ccc(CC)o2)c2cc(OC)c(OC)cc2N)o1. The summed E-state index contributed by atoms with van der Waals surface area (Å²) in [5.41, 5.74) is 7.81. The van der Waals surface area contributed by atoms with Crippen LogP contribution in [0.1, 0.15) is 48.4 Å². The lowest BCUT2D eigenvalue weighted by Gasteiger charge is -2.18. The third kappa shape index (κ3) is 3.29. The van der Waals surface area contributed by atoms with Crippen LogP contribution in [0.5, 0.6) is 11.5 Å². The van der Waals surface area contributed by atoms with E-state index in [0.717, 1.165) is 41.4 Å². The van der Waals surface area contributed by atoms with Crippen molar-refractivity contribution >= 4 is 5.69 Å². The van der Waals surface area contributed by atoms with Crippen molar-refractivity contribution in [3.8, 4) is 11.5 Å². The van der Waals surface area contributed by atoms with Gasteiger partial charge in [0.2, 0.25) is 0 Å². The van der Waals surface area contributed by atoms with E-state index in [4.69, 9.17) is 24.0 Å². The molecule has 2 aromatic heterocycles. The fraction of sp³-hybridized carbons (Fsp3) is 0.333. The Morgan fingerprint density at radius 1 is 0.846 bits per heavy atom. The summed E-state index contributed by atoms with van der Waals surface area (Å²) in [5.74, 6) is 4.38. The molecule has 0 fully saturated rings. The molecular weight excluding hydrogens is 330 g/mol. The highest BCUT2D eigenvalue weighted by Gasteiger charge is 2.27. The van der Waals surface area contributed by atoms with Gasteiger partial charge in [0.1, 0.15) is 29.0 Å². The Morgan fingerprint density at radius 2 is 1.35 bits per heavy atom. The van der Waals surface area contributed by atoms with Crippen LogP contribution < -0.4 is 15.2 Å². The molecular formula is C21H25NO4. The smallest absolute Gasteiger partial charge is 0.162 e. The summed E-state index contributed by atoms with van der Waals surface area (Å²) in [5, 5.41) is 0. The molecule has 3 rings (SSSR count). The van der Waals surface area contributed by atoms with Gasteiger partial charge in [0.05, 0.1) is 14.2 Å². The summed E-state index contributed by atoms with van der Waals surface area (Å²) in [7, 11) is 3.20. The number of furan rings is 2. The molecule has 0 spiro atoms. The van der Waals surface area contributed by atoms with E-state index in [0.29, 0.717) is 17.2 Å². The molecule has 0 amide bonds. The van der Waals surface area contributed by atoms with E-state index < -0.39 is 0 Å². The third-order valence-corrected chi connectivity index (χ3v) is 4.53. The molecule has 26 heavy (non-hydrogen) atoms. The van der Waals surface area contributed by atoms with Crippen LogP contribution in [-0.4, -0.2) is 14.2 Å². The molecule has 1 aromatic carbocycles. The summed E-state index contributed by atoms with van der Waals surface area (Å²) in [6.45, 7) is 4.12. The molecule has 138 valence electrons. The van der Waals surface area contributed by atoms with Gasteiger partial charge in [-0.1, -0.05) is 13.8 Å². The Bertz CT molecular complexity index is 836. The quantitative estimate of drug-likeness (QED) is 0.618. The molecule has 0 bridgehead atoms. The van der Waals surface area contributed by atoms with E-state index in [1.54, 1.807) is 20.3 Å². The molecule has 3 aromatic rings. The number of rotatable bonds is 7. The lowest BCUT2D eigenvalue weighted by Crippen LogP contribution is -2.06. The Hall–Kier alpha value is -2.82. The van der Waals surface area contributed by atoms with Crippen LogP contribution in [0.25, 0.3) is 0 Å². The summed E-state index contributed by atoms with van der Waals surface area (Å²) in [6, 6.07) is 11.6. The average molecular weight is 355 g/mol. The number of anilines is 1. The van der Waals surface area contributed by atoms with Crippen LogP contribution >= 0.6 is 0 Å². The predicted molar refractivity (Wildman–Crippen MR) is 101 cm³/mol. The highest BCUT2D eigenvalue weighted by atomic mass is 16.5. The van der Waals surface area contributed by atoms with Gasteiger partial charge in [-0.15, -0.1) is 0 Å². The topological polar surface area (TPSA) is 70.8 Å². The number of nitrogen functional groups attached to an aromatic ring is 1. The summed E-state index contributed by atoms with van der Waals surface area (Å²) in [6.07, 6.45) is 1.65. The van der Waals surface area contributed by atoms with Crippen LogP contribution in [0.3, 0.4) is 0 Å². The lowest BCUT2D eigenvalue weighted by molar-refractivity contribution is 0.354.